The molecule has 0 bridgehead atoms. The third-order valence-electron chi connectivity index (χ3n) is 2.61. The zero-order chi connectivity index (χ0) is 13.3. The van der Waals surface area contributed by atoms with E-state index in [1.54, 1.807) is 0 Å². The number of nitrogens with zero attached hydrogens (tertiary/aromatic N) is 1. The highest BCUT2D eigenvalue weighted by molar-refractivity contribution is 9.10. The molecule has 1 aromatic heterocycles. The van der Waals surface area contributed by atoms with Crippen molar-refractivity contribution in [1.29, 1.82) is 0 Å². The van der Waals surface area contributed by atoms with Crippen LogP contribution in [0.15, 0.2) is 28.7 Å². The minimum absolute atomic E-state index is 0.0875. The van der Waals surface area contributed by atoms with Crippen molar-refractivity contribution in [3.63, 3.8) is 0 Å². The highest BCUT2D eigenvalue weighted by atomic mass is 79.9. The summed E-state index contributed by atoms with van der Waals surface area (Å²) in [6.45, 7) is 3.87. The molecule has 2 N–H and O–H groups in total. The number of imidazole rings is 1. The van der Waals surface area contributed by atoms with Crippen molar-refractivity contribution >= 4 is 21.9 Å². The van der Waals surface area contributed by atoms with Gasteiger partial charge in [0.15, 0.2) is 5.69 Å². The second kappa shape index (κ2) is 4.94. The van der Waals surface area contributed by atoms with Gasteiger partial charge in [-0.25, -0.2) is 9.78 Å². The Bertz CT molecular complexity index is 590. The number of hydrogen-bond acceptors (Lipinski definition) is 2. The second-order valence-electron chi connectivity index (χ2n) is 4.32. The minimum Gasteiger partial charge on any atom is -0.476 e. The molecule has 0 aliphatic heterocycles. The summed E-state index contributed by atoms with van der Waals surface area (Å²) < 4.78 is 0.930. The maximum Gasteiger partial charge on any atom is 0.356 e. The van der Waals surface area contributed by atoms with E-state index in [0.717, 1.165) is 10.0 Å². The number of carboxylic acid groups (broad SMARTS) is 1. The number of carboxylic acids is 1. The van der Waals surface area contributed by atoms with Crippen molar-refractivity contribution in [2.75, 3.05) is 0 Å². The zero-order valence-electron chi connectivity index (χ0n) is 10.1. The lowest BCUT2D eigenvalue weighted by molar-refractivity contribution is 0.0689. The van der Waals surface area contributed by atoms with E-state index >= 15 is 0 Å². The molecule has 2 rings (SSSR count). The normalized spacial score (nSPS) is 10.9. The maximum absolute atomic E-state index is 11.1. The predicted octanol–water partition coefficient (Wildman–Crippen LogP) is 3.66. The van der Waals surface area contributed by atoms with Crippen LogP contribution >= 0.6 is 15.9 Å². The van der Waals surface area contributed by atoms with Gasteiger partial charge in [0.2, 0.25) is 0 Å². The van der Waals surface area contributed by atoms with Crippen molar-refractivity contribution in [3.05, 3.63) is 40.1 Å². The van der Waals surface area contributed by atoms with Crippen LogP contribution in [0.3, 0.4) is 0 Å². The van der Waals surface area contributed by atoms with Gasteiger partial charge in [-0.15, -0.1) is 0 Å². The van der Waals surface area contributed by atoms with Gasteiger partial charge in [-0.3, -0.25) is 0 Å². The summed E-state index contributed by atoms with van der Waals surface area (Å²) >= 11 is 3.38. The fraction of sp³-hybridized carbons (Fsp3) is 0.231. The lowest BCUT2D eigenvalue weighted by atomic mass is 10.1. The van der Waals surface area contributed by atoms with Gasteiger partial charge in [0.1, 0.15) is 5.82 Å². The smallest absolute Gasteiger partial charge is 0.356 e. The highest BCUT2D eigenvalue weighted by Crippen LogP contribution is 2.25. The summed E-state index contributed by atoms with van der Waals surface area (Å²) in [6.07, 6.45) is 0. The average molecular weight is 309 g/mol. The minimum atomic E-state index is -1.00. The standard InChI is InChI=1S/C13H13BrN2O2/c1-7(2)10-11(13(17)18)16-12(15-10)8-4-3-5-9(14)6-8/h3-7H,1-2H3,(H,15,16)(H,17,18). The summed E-state index contributed by atoms with van der Waals surface area (Å²) in [7, 11) is 0. The molecule has 0 saturated heterocycles. The molecule has 0 spiro atoms. The maximum atomic E-state index is 11.1. The van der Waals surface area contributed by atoms with Gasteiger partial charge in [-0.1, -0.05) is 41.9 Å². The topological polar surface area (TPSA) is 66.0 Å². The number of benzene rings is 1. The first-order chi connectivity index (χ1) is 8.49. The Labute approximate surface area is 113 Å². The highest BCUT2D eigenvalue weighted by Gasteiger charge is 2.19. The molecule has 18 heavy (non-hydrogen) atoms. The van der Waals surface area contributed by atoms with Crippen molar-refractivity contribution in [2.45, 2.75) is 19.8 Å². The molecule has 5 heteroatoms. The Kier molecular flexibility index (Phi) is 3.52. The number of aromatic amines is 1. The van der Waals surface area contributed by atoms with E-state index in [4.69, 9.17) is 5.11 Å². The van der Waals surface area contributed by atoms with E-state index in [1.807, 2.05) is 38.1 Å². The SMILES string of the molecule is CC(C)c1[nH]c(-c2cccc(Br)c2)nc1C(=O)O. The van der Waals surface area contributed by atoms with Crippen LogP contribution < -0.4 is 0 Å². The van der Waals surface area contributed by atoms with Crippen LogP contribution in [0, 0.1) is 0 Å². The molecule has 0 atom stereocenters. The number of halogens is 1. The average Bonchev–Trinajstić information content (AvgIpc) is 2.73. The van der Waals surface area contributed by atoms with E-state index in [9.17, 15) is 4.79 Å². The predicted molar refractivity (Wildman–Crippen MR) is 72.8 cm³/mol. The molecular weight excluding hydrogens is 296 g/mol. The molecule has 1 aromatic carbocycles. The molecule has 0 saturated carbocycles. The Morgan fingerprint density at radius 3 is 2.67 bits per heavy atom. The van der Waals surface area contributed by atoms with Crippen molar-refractivity contribution in [3.8, 4) is 11.4 Å². The van der Waals surface area contributed by atoms with Gasteiger partial charge in [-0.05, 0) is 18.1 Å². The molecule has 4 nitrogen and oxygen atoms in total. The third-order valence-corrected chi connectivity index (χ3v) is 3.10. The van der Waals surface area contributed by atoms with Gasteiger partial charge >= 0.3 is 5.97 Å². The lowest BCUT2D eigenvalue weighted by Gasteiger charge is -2.01. The Morgan fingerprint density at radius 2 is 2.17 bits per heavy atom. The van der Waals surface area contributed by atoms with Crippen LogP contribution in [-0.2, 0) is 0 Å². The molecular formula is C13H13BrN2O2. The number of aromatic carboxylic acids is 1. The van der Waals surface area contributed by atoms with Gasteiger partial charge in [-0.2, -0.15) is 0 Å². The molecule has 0 aliphatic carbocycles. The Morgan fingerprint density at radius 1 is 1.44 bits per heavy atom. The van der Waals surface area contributed by atoms with Gasteiger partial charge in [0.25, 0.3) is 0 Å². The summed E-state index contributed by atoms with van der Waals surface area (Å²) in [5.41, 5.74) is 1.61. The quantitative estimate of drug-likeness (QED) is 0.909. The summed E-state index contributed by atoms with van der Waals surface area (Å²) in [5.74, 6) is -0.335. The van der Waals surface area contributed by atoms with Crippen LogP contribution in [0.5, 0.6) is 0 Å². The fourth-order valence-corrected chi connectivity index (χ4v) is 2.14. The number of rotatable bonds is 3. The van der Waals surface area contributed by atoms with Crippen LogP contribution in [0.25, 0.3) is 11.4 Å². The molecule has 94 valence electrons. The van der Waals surface area contributed by atoms with Crippen LogP contribution in [-0.4, -0.2) is 21.0 Å². The Hall–Kier alpha value is -1.62. The molecule has 0 unspecified atom stereocenters. The third kappa shape index (κ3) is 2.46. The summed E-state index contributed by atoms with van der Waals surface area (Å²) in [6, 6.07) is 7.58. The molecule has 0 radical (unpaired) electrons. The lowest BCUT2D eigenvalue weighted by Crippen LogP contribution is -2.02. The van der Waals surface area contributed by atoms with Crippen molar-refractivity contribution in [2.24, 2.45) is 0 Å². The van der Waals surface area contributed by atoms with E-state index in [-0.39, 0.29) is 11.6 Å². The number of aromatic nitrogens is 2. The Balaban J connectivity index is 2.53. The molecule has 0 fully saturated rings. The van der Waals surface area contributed by atoms with Gasteiger partial charge in [0, 0.05) is 10.0 Å². The molecule has 0 aliphatic rings. The van der Waals surface area contributed by atoms with Gasteiger partial charge < -0.3 is 10.1 Å². The summed E-state index contributed by atoms with van der Waals surface area (Å²) in [5, 5.41) is 9.14. The largest absolute Gasteiger partial charge is 0.476 e. The van der Waals surface area contributed by atoms with Crippen LogP contribution in [0.4, 0.5) is 0 Å². The van der Waals surface area contributed by atoms with Crippen LogP contribution in [0.2, 0.25) is 0 Å². The number of nitrogens with one attached hydrogen (secondary N) is 1. The molecule has 1 heterocycles. The fourth-order valence-electron chi connectivity index (χ4n) is 1.74. The number of hydrogen-bond donors (Lipinski definition) is 2. The zero-order valence-corrected chi connectivity index (χ0v) is 11.7. The van der Waals surface area contributed by atoms with Crippen molar-refractivity contribution < 1.29 is 9.90 Å². The van der Waals surface area contributed by atoms with E-state index in [2.05, 4.69) is 25.9 Å². The van der Waals surface area contributed by atoms with Gasteiger partial charge in [0.05, 0.1) is 5.69 Å². The summed E-state index contributed by atoms with van der Waals surface area (Å²) in [4.78, 5) is 18.4. The van der Waals surface area contributed by atoms with E-state index < -0.39 is 5.97 Å². The molecule has 0 amide bonds. The number of H-pyrrole nitrogens is 1. The number of carbonyl (C=O) groups is 1. The van der Waals surface area contributed by atoms with E-state index in [0.29, 0.717) is 11.5 Å². The first kappa shape index (κ1) is 12.8. The monoisotopic (exact) mass is 308 g/mol. The first-order valence-electron chi connectivity index (χ1n) is 5.58. The molecule has 2 aromatic rings. The second-order valence-corrected chi connectivity index (χ2v) is 5.23. The van der Waals surface area contributed by atoms with Crippen LogP contribution in [0.1, 0.15) is 35.9 Å². The van der Waals surface area contributed by atoms with Crippen molar-refractivity contribution in [1.82, 2.24) is 9.97 Å². The van der Waals surface area contributed by atoms with E-state index in [1.165, 1.54) is 0 Å². The first-order valence-corrected chi connectivity index (χ1v) is 6.37.